The second-order valence-electron chi connectivity index (χ2n) is 5.57. The van der Waals surface area contributed by atoms with Gasteiger partial charge >= 0.3 is 0 Å². The third-order valence-corrected chi connectivity index (χ3v) is 3.80. The summed E-state index contributed by atoms with van der Waals surface area (Å²) in [6.45, 7) is 0.888. The Bertz CT molecular complexity index is 643. The molecule has 0 bridgehead atoms. The maximum absolute atomic E-state index is 10.8. The number of hydrogen-bond donors (Lipinski definition) is 2. The van der Waals surface area contributed by atoms with Crippen LogP contribution in [0.5, 0.6) is 0 Å². The lowest BCUT2D eigenvalue weighted by atomic mass is 10.2. The van der Waals surface area contributed by atoms with Gasteiger partial charge in [0.1, 0.15) is 5.82 Å². The number of rotatable bonds is 6. The first kappa shape index (κ1) is 13.0. The Labute approximate surface area is 118 Å². The highest BCUT2D eigenvalue weighted by Gasteiger charge is 2.29. The predicted molar refractivity (Wildman–Crippen MR) is 79.2 cm³/mol. The van der Waals surface area contributed by atoms with Gasteiger partial charge in [-0.3, -0.25) is 4.79 Å². The van der Waals surface area contributed by atoms with Crippen LogP contribution in [0.15, 0.2) is 18.2 Å². The quantitative estimate of drug-likeness (QED) is 0.624. The Morgan fingerprint density at radius 1 is 1.35 bits per heavy atom. The van der Waals surface area contributed by atoms with E-state index in [1.54, 1.807) is 0 Å². The number of aromatic nitrogens is 2. The number of fused-ring (bicyclic) bond motifs is 1. The van der Waals surface area contributed by atoms with Crippen molar-refractivity contribution in [3.05, 3.63) is 24.0 Å². The molecule has 1 aromatic heterocycles. The van der Waals surface area contributed by atoms with Gasteiger partial charge in [-0.25, -0.2) is 4.98 Å². The molecule has 0 unspecified atom stereocenters. The summed E-state index contributed by atoms with van der Waals surface area (Å²) in [5.41, 5.74) is 13.9. The van der Waals surface area contributed by atoms with Crippen LogP contribution in [0.3, 0.4) is 0 Å². The molecule has 0 saturated heterocycles. The van der Waals surface area contributed by atoms with Crippen molar-refractivity contribution in [1.82, 2.24) is 9.55 Å². The second kappa shape index (κ2) is 5.15. The first-order valence-electron chi connectivity index (χ1n) is 7.19. The Kier molecular flexibility index (Phi) is 3.34. The normalized spacial score (nSPS) is 14.8. The molecular weight excluding hydrogens is 252 g/mol. The third-order valence-electron chi connectivity index (χ3n) is 3.80. The molecule has 1 fully saturated rings. The molecule has 1 aliphatic rings. The van der Waals surface area contributed by atoms with Crippen molar-refractivity contribution >= 4 is 22.6 Å². The highest BCUT2D eigenvalue weighted by molar-refractivity contribution is 5.80. The average molecular weight is 272 g/mol. The molecule has 4 N–H and O–H groups in total. The van der Waals surface area contributed by atoms with Crippen LogP contribution >= 0.6 is 0 Å². The predicted octanol–water partition coefficient (Wildman–Crippen LogP) is 2.15. The zero-order valence-corrected chi connectivity index (χ0v) is 11.5. The highest BCUT2D eigenvalue weighted by atomic mass is 16.1. The number of carbonyl (C=O) groups is 1. The van der Waals surface area contributed by atoms with E-state index in [4.69, 9.17) is 16.5 Å². The van der Waals surface area contributed by atoms with E-state index < -0.39 is 0 Å². The van der Waals surface area contributed by atoms with E-state index in [1.807, 2.05) is 18.2 Å². The summed E-state index contributed by atoms with van der Waals surface area (Å²) in [5.74, 6) is 1.54. The van der Waals surface area contributed by atoms with E-state index >= 15 is 0 Å². The molecule has 1 amide bonds. The molecule has 20 heavy (non-hydrogen) atoms. The van der Waals surface area contributed by atoms with Crippen LogP contribution in [0.25, 0.3) is 11.0 Å². The van der Waals surface area contributed by atoms with Crippen molar-refractivity contribution in [2.75, 3.05) is 5.73 Å². The standard InChI is InChI=1S/C15H20N4O/c16-11-6-7-13-12(9-11)18-15(10-4-5-10)19(13)8-2-1-3-14(17)20/h6-7,9-10H,1-5,8,16H2,(H2,17,20). The Balaban J connectivity index is 1.83. The smallest absolute Gasteiger partial charge is 0.217 e. The van der Waals surface area contributed by atoms with Gasteiger partial charge in [0.05, 0.1) is 11.0 Å². The SMILES string of the molecule is NC(=O)CCCCn1c(C2CC2)nc2cc(N)ccc21. The highest BCUT2D eigenvalue weighted by Crippen LogP contribution is 2.41. The maximum atomic E-state index is 10.8. The molecule has 1 saturated carbocycles. The molecule has 5 heteroatoms. The van der Waals surface area contributed by atoms with Gasteiger partial charge in [-0.2, -0.15) is 0 Å². The lowest BCUT2D eigenvalue weighted by Gasteiger charge is -2.08. The van der Waals surface area contributed by atoms with Crippen LogP contribution < -0.4 is 11.5 Å². The van der Waals surface area contributed by atoms with Crippen molar-refractivity contribution in [1.29, 1.82) is 0 Å². The number of carbonyl (C=O) groups excluding carboxylic acids is 1. The zero-order valence-electron chi connectivity index (χ0n) is 11.5. The first-order chi connectivity index (χ1) is 9.65. The van der Waals surface area contributed by atoms with Crippen molar-refractivity contribution in [3.8, 4) is 0 Å². The van der Waals surface area contributed by atoms with Gasteiger partial charge in [0.25, 0.3) is 0 Å². The van der Waals surface area contributed by atoms with E-state index in [0.717, 1.165) is 36.1 Å². The number of nitrogens with two attached hydrogens (primary N) is 2. The fourth-order valence-electron chi connectivity index (χ4n) is 2.62. The van der Waals surface area contributed by atoms with Gasteiger partial charge in [-0.15, -0.1) is 0 Å². The number of amides is 1. The Hall–Kier alpha value is -2.04. The number of unbranched alkanes of at least 4 members (excludes halogenated alkanes) is 1. The minimum Gasteiger partial charge on any atom is -0.399 e. The number of imidazole rings is 1. The molecule has 0 spiro atoms. The average Bonchev–Trinajstić information content (AvgIpc) is 3.17. The molecule has 2 aromatic rings. The maximum Gasteiger partial charge on any atom is 0.217 e. The molecule has 0 atom stereocenters. The van der Waals surface area contributed by atoms with Crippen molar-refractivity contribution in [2.24, 2.45) is 5.73 Å². The third kappa shape index (κ3) is 2.61. The summed E-state index contributed by atoms with van der Waals surface area (Å²) in [6, 6.07) is 5.89. The van der Waals surface area contributed by atoms with E-state index in [2.05, 4.69) is 4.57 Å². The number of hydrogen-bond acceptors (Lipinski definition) is 3. The first-order valence-corrected chi connectivity index (χ1v) is 7.19. The zero-order chi connectivity index (χ0) is 14.1. The Morgan fingerprint density at radius 2 is 2.15 bits per heavy atom. The Morgan fingerprint density at radius 3 is 2.85 bits per heavy atom. The monoisotopic (exact) mass is 272 g/mol. The summed E-state index contributed by atoms with van der Waals surface area (Å²) in [6.07, 6.45) is 4.67. The summed E-state index contributed by atoms with van der Waals surface area (Å²) in [4.78, 5) is 15.5. The number of nitrogens with zero attached hydrogens (tertiary/aromatic N) is 2. The van der Waals surface area contributed by atoms with Crippen molar-refractivity contribution in [3.63, 3.8) is 0 Å². The van der Waals surface area contributed by atoms with E-state index in [-0.39, 0.29) is 5.91 Å². The number of primary amides is 1. The van der Waals surface area contributed by atoms with Gasteiger partial charge in [0.15, 0.2) is 0 Å². The van der Waals surface area contributed by atoms with Crippen LogP contribution in [0, 0.1) is 0 Å². The number of anilines is 1. The molecule has 0 radical (unpaired) electrons. The van der Waals surface area contributed by atoms with E-state index in [0.29, 0.717) is 12.3 Å². The molecule has 1 heterocycles. The molecule has 3 rings (SSSR count). The van der Waals surface area contributed by atoms with Crippen molar-refractivity contribution < 1.29 is 4.79 Å². The summed E-state index contributed by atoms with van der Waals surface area (Å²) < 4.78 is 2.29. The minimum absolute atomic E-state index is 0.226. The molecule has 1 aromatic carbocycles. The van der Waals surface area contributed by atoms with Gasteiger partial charge in [0.2, 0.25) is 5.91 Å². The lowest BCUT2D eigenvalue weighted by molar-refractivity contribution is -0.118. The van der Waals surface area contributed by atoms with Crippen LogP contribution in [0.2, 0.25) is 0 Å². The van der Waals surface area contributed by atoms with Gasteiger partial charge in [0, 0.05) is 24.6 Å². The molecule has 0 aliphatic heterocycles. The topological polar surface area (TPSA) is 86.9 Å². The molecule has 5 nitrogen and oxygen atoms in total. The van der Waals surface area contributed by atoms with Crippen LogP contribution in [0.4, 0.5) is 5.69 Å². The van der Waals surface area contributed by atoms with Gasteiger partial charge in [-0.1, -0.05) is 0 Å². The summed E-state index contributed by atoms with van der Waals surface area (Å²) >= 11 is 0. The van der Waals surface area contributed by atoms with E-state index in [1.165, 1.54) is 18.7 Å². The molecule has 106 valence electrons. The van der Waals surface area contributed by atoms with Crippen LogP contribution in [-0.2, 0) is 11.3 Å². The van der Waals surface area contributed by atoms with Gasteiger partial charge in [-0.05, 0) is 43.9 Å². The minimum atomic E-state index is -0.226. The van der Waals surface area contributed by atoms with Crippen LogP contribution in [0.1, 0.15) is 43.8 Å². The molecular formula is C15H20N4O. The summed E-state index contributed by atoms with van der Waals surface area (Å²) in [7, 11) is 0. The lowest BCUT2D eigenvalue weighted by Crippen LogP contribution is -2.10. The molecule has 1 aliphatic carbocycles. The largest absolute Gasteiger partial charge is 0.399 e. The van der Waals surface area contributed by atoms with E-state index in [9.17, 15) is 4.79 Å². The van der Waals surface area contributed by atoms with Crippen LogP contribution in [-0.4, -0.2) is 15.5 Å². The number of benzene rings is 1. The fraction of sp³-hybridized carbons (Fsp3) is 0.467. The van der Waals surface area contributed by atoms with Gasteiger partial charge < -0.3 is 16.0 Å². The number of aryl methyl sites for hydroxylation is 1. The second-order valence-corrected chi connectivity index (χ2v) is 5.57. The van der Waals surface area contributed by atoms with Crippen molar-refractivity contribution in [2.45, 2.75) is 44.6 Å². The fourth-order valence-corrected chi connectivity index (χ4v) is 2.62. The summed E-state index contributed by atoms with van der Waals surface area (Å²) in [5, 5.41) is 0. The number of nitrogen functional groups attached to an aromatic ring is 1.